The lowest BCUT2D eigenvalue weighted by atomic mass is 10.1. The summed E-state index contributed by atoms with van der Waals surface area (Å²) >= 11 is 0. The number of ketones is 1. The molecule has 0 fully saturated rings. The standard InChI is InChI=1S/C10H13NO3/c1-13-10(14-2)9(12)7-5-3-4-6-8(7)11/h3-6,10H,11H2,1-2H3. The van der Waals surface area contributed by atoms with E-state index in [0.29, 0.717) is 11.3 Å². The van der Waals surface area contributed by atoms with Crippen molar-refractivity contribution in [1.82, 2.24) is 0 Å². The predicted molar refractivity (Wildman–Crippen MR) is 53.0 cm³/mol. The highest BCUT2D eigenvalue weighted by Crippen LogP contribution is 2.14. The third-order valence-corrected chi connectivity index (χ3v) is 1.87. The lowest BCUT2D eigenvalue weighted by molar-refractivity contribution is -0.0741. The number of para-hydroxylation sites is 1. The van der Waals surface area contributed by atoms with E-state index >= 15 is 0 Å². The molecule has 4 heteroatoms. The maximum absolute atomic E-state index is 11.7. The average molecular weight is 195 g/mol. The lowest BCUT2D eigenvalue weighted by Gasteiger charge is -2.12. The number of carbonyl (C=O) groups excluding carboxylic acids is 1. The zero-order chi connectivity index (χ0) is 10.6. The van der Waals surface area contributed by atoms with Crippen molar-refractivity contribution in [2.24, 2.45) is 0 Å². The fraction of sp³-hybridized carbons (Fsp3) is 0.300. The zero-order valence-corrected chi connectivity index (χ0v) is 8.19. The number of methoxy groups -OCH3 is 2. The smallest absolute Gasteiger partial charge is 0.222 e. The molecule has 0 aliphatic heterocycles. The number of benzene rings is 1. The van der Waals surface area contributed by atoms with Gasteiger partial charge in [0.15, 0.2) is 0 Å². The van der Waals surface area contributed by atoms with Crippen LogP contribution in [0.15, 0.2) is 24.3 Å². The van der Waals surface area contributed by atoms with E-state index < -0.39 is 6.29 Å². The van der Waals surface area contributed by atoms with Crippen LogP contribution in [0.5, 0.6) is 0 Å². The summed E-state index contributed by atoms with van der Waals surface area (Å²) in [5.41, 5.74) is 6.48. The van der Waals surface area contributed by atoms with E-state index in [0.717, 1.165) is 0 Å². The number of nitrogens with two attached hydrogens (primary N) is 1. The van der Waals surface area contributed by atoms with Gasteiger partial charge in [0.25, 0.3) is 0 Å². The first-order valence-corrected chi connectivity index (χ1v) is 4.15. The van der Waals surface area contributed by atoms with E-state index in [9.17, 15) is 4.79 Å². The minimum Gasteiger partial charge on any atom is -0.398 e. The number of carbonyl (C=O) groups is 1. The Labute approximate surface area is 82.6 Å². The van der Waals surface area contributed by atoms with Gasteiger partial charge in [0, 0.05) is 25.5 Å². The molecule has 0 aromatic heterocycles. The fourth-order valence-corrected chi connectivity index (χ4v) is 1.16. The van der Waals surface area contributed by atoms with Crippen LogP contribution in [0.25, 0.3) is 0 Å². The summed E-state index contributed by atoms with van der Waals surface area (Å²) in [7, 11) is 2.82. The van der Waals surface area contributed by atoms with E-state index in [2.05, 4.69) is 0 Å². The molecule has 0 amide bonds. The first-order valence-electron chi connectivity index (χ1n) is 4.15. The Morgan fingerprint density at radius 2 is 1.86 bits per heavy atom. The molecule has 4 nitrogen and oxygen atoms in total. The van der Waals surface area contributed by atoms with Crippen LogP contribution < -0.4 is 5.73 Å². The van der Waals surface area contributed by atoms with Crippen LogP contribution in [0.3, 0.4) is 0 Å². The topological polar surface area (TPSA) is 61.5 Å². The summed E-state index contributed by atoms with van der Waals surface area (Å²) in [4.78, 5) is 11.7. The molecule has 0 bridgehead atoms. The van der Waals surface area contributed by atoms with Gasteiger partial charge in [-0.2, -0.15) is 0 Å². The van der Waals surface area contributed by atoms with Gasteiger partial charge in [0.1, 0.15) is 0 Å². The van der Waals surface area contributed by atoms with Crippen molar-refractivity contribution in [3.8, 4) is 0 Å². The number of hydrogen-bond acceptors (Lipinski definition) is 4. The molecule has 0 atom stereocenters. The van der Waals surface area contributed by atoms with E-state index in [1.165, 1.54) is 14.2 Å². The molecule has 76 valence electrons. The van der Waals surface area contributed by atoms with Crippen LogP contribution in [0.2, 0.25) is 0 Å². The Balaban J connectivity index is 2.94. The molecule has 1 rings (SSSR count). The van der Waals surface area contributed by atoms with E-state index in [1.807, 2.05) is 0 Å². The highest BCUT2D eigenvalue weighted by atomic mass is 16.7. The Morgan fingerprint density at radius 1 is 1.29 bits per heavy atom. The molecular weight excluding hydrogens is 182 g/mol. The fourth-order valence-electron chi connectivity index (χ4n) is 1.16. The van der Waals surface area contributed by atoms with Crippen molar-refractivity contribution >= 4 is 11.5 Å². The second-order valence-corrected chi connectivity index (χ2v) is 2.75. The molecule has 0 heterocycles. The monoisotopic (exact) mass is 195 g/mol. The highest BCUT2D eigenvalue weighted by Gasteiger charge is 2.20. The third kappa shape index (κ3) is 2.10. The number of hydrogen-bond donors (Lipinski definition) is 1. The second kappa shape index (κ2) is 4.74. The maximum atomic E-state index is 11.7. The largest absolute Gasteiger partial charge is 0.398 e. The molecule has 0 aliphatic rings. The zero-order valence-electron chi connectivity index (χ0n) is 8.19. The summed E-state index contributed by atoms with van der Waals surface area (Å²) in [6, 6.07) is 6.81. The Kier molecular flexibility index (Phi) is 3.62. The van der Waals surface area contributed by atoms with Crippen LogP contribution in [0.1, 0.15) is 10.4 Å². The van der Waals surface area contributed by atoms with Crippen molar-refractivity contribution in [1.29, 1.82) is 0 Å². The second-order valence-electron chi connectivity index (χ2n) is 2.75. The molecule has 0 unspecified atom stereocenters. The first kappa shape index (κ1) is 10.7. The van der Waals surface area contributed by atoms with Gasteiger partial charge in [-0.05, 0) is 12.1 Å². The average Bonchev–Trinajstić information content (AvgIpc) is 2.20. The summed E-state index contributed by atoms with van der Waals surface area (Å²) < 4.78 is 9.69. The number of nitrogen functional groups attached to an aromatic ring is 1. The van der Waals surface area contributed by atoms with Gasteiger partial charge in [-0.1, -0.05) is 12.1 Å². The predicted octanol–water partition coefficient (Wildman–Crippen LogP) is 1.07. The van der Waals surface area contributed by atoms with E-state index in [-0.39, 0.29) is 5.78 Å². The van der Waals surface area contributed by atoms with E-state index in [1.54, 1.807) is 24.3 Å². The minimum atomic E-state index is -0.889. The van der Waals surface area contributed by atoms with E-state index in [4.69, 9.17) is 15.2 Å². The van der Waals surface area contributed by atoms with Crippen molar-refractivity contribution < 1.29 is 14.3 Å². The number of anilines is 1. The summed E-state index contributed by atoms with van der Waals surface area (Å²) in [6.45, 7) is 0. The van der Waals surface area contributed by atoms with Crippen molar-refractivity contribution in [3.05, 3.63) is 29.8 Å². The van der Waals surface area contributed by atoms with Crippen molar-refractivity contribution in [2.75, 3.05) is 20.0 Å². The van der Waals surface area contributed by atoms with Gasteiger partial charge in [-0.15, -0.1) is 0 Å². The number of Topliss-reactive ketones (excluding diaryl/α,β-unsaturated/α-hetero) is 1. The SMILES string of the molecule is COC(OC)C(=O)c1ccccc1N. The van der Waals surface area contributed by atoms with Gasteiger partial charge in [0.05, 0.1) is 0 Å². The molecule has 1 aromatic carbocycles. The van der Waals surface area contributed by atoms with Gasteiger partial charge < -0.3 is 15.2 Å². The summed E-state index contributed by atoms with van der Waals surface area (Å²) in [5.74, 6) is -0.270. The van der Waals surface area contributed by atoms with Crippen LogP contribution in [-0.2, 0) is 9.47 Å². The maximum Gasteiger partial charge on any atom is 0.222 e. The molecule has 0 saturated heterocycles. The first-order chi connectivity index (χ1) is 6.70. The molecule has 0 spiro atoms. The van der Waals surface area contributed by atoms with Gasteiger partial charge in [-0.25, -0.2) is 0 Å². The highest BCUT2D eigenvalue weighted by molar-refractivity contribution is 6.02. The molecule has 0 saturated carbocycles. The Bertz CT molecular complexity index is 321. The normalized spacial score (nSPS) is 10.5. The third-order valence-electron chi connectivity index (χ3n) is 1.87. The molecule has 0 radical (unpaired) electrons. The Hall–Kier alpha value is -1.39. The van der Waals surface area contributed by atoms with Crippen LogP contribution >= 0.6 is 0 Å². The quantitative estimate of drug-likeness (QED) is 0.443. The van der Waals surface area contributed by atoms with Crippen molar-refractivity contribution in [2.45, 2.75) is 6.29 Å². The summed E-state index contributed by atoms with van der Waals surface area (Å²) in [5, 5.41) is 0. The lowest BCUT2D eigenvalue weighted by Crippen LogP contribution is -2.25. The Morgan fingerprint density at radius 3 is 2.36 bits per heavy atom. The van der Waals surface area contributed by atoms with Crippen LogP contribution in [0.4, 0.5) is 5.69 Å². The summed E-state index contributed by atoms with van der Waals surface area (Å²) in [6.07, 6.45) is -0.889. The van der Waals surface area contributed by atoms with Gasteiger partial charge >= 0.3 is 0 Å². The van der Waals surface area contributed by atoms with Crippen molar-refractivity contribution in [3.63, 3.8) is 0 Å². The minimum absolute atomic E-state index is 0.270. The molecule has 0 aliphatic carbocycles. The molecular formula is C10H13NO3. The number of rotatable bonds is 4. The molecule has 14 heavy (non-hydrogen) atoms. The number of ether oxygens (including phenoxy) is 2. The van der Waals surface area contributed by atoms with Gasteiger partial charge in [0.2, 0.25) is 12.1 Å². The van der Waals surface area contributed by atoms with Crippen LogP contribution in [-0.4, -0.2) is 26.3 Å². The molecule has 2 N–H and O–H groups in total. The molecule has 1 aromatic rings. The van der Waals surface area contributed by atoms with Gasteiger partial charge in [-0.3, -0.25) is 4.79 Å². The van der Waals surface area contributed by atoms with Crippen LogP contribution in [0, 0.1) is 0 Å².